The van der Waals surface area contributed by atoms with E-state index >= 15 is 0 Å². The Balaban J connectivity index is 1.30. The number of aliphatic hydroxyl groups excluding tert-OH is 1. The summed E-state index contributed by atoms with van der Waals surface area (Å²) in [6.45, 7) is 6.51. The number of aliphatic carboxylic acids is 1. The highest BCUT2D eigenvalue weighted by atomic mass is 16.5. The molecule has 0 radical (unpaired) electrons. The largest absolute Gasteiger partial charge is 0.480 e. The zero-order valence-corrected chi connectivity index (χ0v) is 26.7. The second-order valence-corrected chi connectivity index (χ2v) is 14.0. The van der Waals surface area contributed by atoms with Gasteiger partial charge in [0.2, 0.25) is 17.6 Å². The maximum Gasteiger partial charge on any atom is 0.326 e. The van der Waals surface area contributed by atoms with E-state index in [0.29, 0.717) is 25.7 Å². The number of hydrogen-bond donors (Lipinski definition) is 5. The van der Waals surface area contributed by atoms with E-state index in [-0.39, 0.29) is 61.1 Å². The summed E-state index contributed by atoms with van der Waals surface area (Å²) in [5.74, 6) is -3.77. The number of hydrogen-bond acceptors (Lipinski definition) is 9. The van der Waals surface area contributed by atoms with Crippen LogP contribution in [0.2, 0.25) is 0 Å². The minimum atomic E-state index is -1.78. The highest BCUT2D eigenvalue weighted by Gasteiger charge is 2.68. The number of carboxylic acid groups (broad SMARTS) is 1. The van der Waals surface area contributed by atoms with E-state index in [2.05, 4.69) is 17.6 Å². The molecule has 4 aliphatic carbocycles. The predicted octanol–water partition coefficient (Wildman–Crippen LogP) is 1.99. The molecule has 0 saturated heterocycles. The van der Waals surface area contributed by atoms with Crippen LogP contribution < -0.4 is 10.6 Å². The van der Waals surface area contributed by atoms with Gasteiger partial charge in [0.1, 0.15) is 17.7 Å². The molecule has 4 aliphatic rings. The summed E-state index contributed by atoms with van der Waals surface area (Å²) in [5.41, 5.74) is -1.88. The van der Waals surface area contributed by atoms with Crippen molar-refractivity contribution < 1.29 is 48.8 Å². The first-order valence-electron chi connectivity index (χ1n) is 16.2. The van der Waals surface area contributed by atoms with E-state index < -0.39 is 65.3 Å². The molecule has 0 spiro atoms. The number of amides is 2. The Morgan fingerprint density at radius 3 is 2.44 bits per heavy atom. The first-order valence-corrected chi connectivity index (χ1v) is 16.2. The van der Waals surface area contributed by atoms with Gasteiger partial charge in [0.25, 0.3) is 0 Å². The van der Waals surface area contributed by atoms with Crippen LogP contribution in [0, 0.1) is 28.6 Å². The van der Waals surface area contributed by atoms with Gasteiger partial charge in [0, 0.05) is 18.3 Å². The van der Waals surface area contributed by atoms with Crippen LogP contribution in [0.15, 0.2) is 11.6 Å². The Hall–Kier alpha value is -3.12. The molecule has 9 atom stereocenters. The van der Waals surface area contributed by atoms with E-state index in [0.717, 1.165) is 18.4 Å². The molecule has 0 aliphatic heterocycles. The Morgan fingerprint density at radius 2 is 1.78 bits per heavy atom. The van der Waals surface area contributed by atoms with Crippen molar-refractivity contribution in [3.05, 3.63) is 11.6 Å². The van der Waals surface area contributed by atoms with Gasteiger partial charge >= 0.3 is 11.9 Å². The smallest absolute Gasteiger partial charge is 0.326 e. The molecule has 2 amide bonds. The van der Waals surface area contributed by atoms with Gasteiger partial charge in [-0.2, -0.15) is 0 Å². The van der Waals surface area contributed by atoms with Crippen LogP contribution in [0.4, 0.5) is 0 Å². The first kappa shape index (κ1) is 34.7. The first-order chi connectivity index (χ1) is 21.1. The molecule has 45 heavy (non-hydrogen) atoms. The summed E-state index contributed by atoms with van der Waals surface area (Å²) in [6, 6.07) is -2.10. The Labute approximate surface area is 263 Å². The molecular formula is C33H48N2O10. The van der Waals surface area contributed by atoms with E-state index in [9.17, 15) is 44.1 Å². The molecule has 12 heteroatoms. The number of carbonyl (C=O) groups is 6. The molecule has 0 aromatic rings. The molecule has 0 aromatic heterocycles. The molecule has 3 fully saturated rings. The van der Waals surface area contributed by atoms with Crippen LogP contribution >= 0.6 is 0 Å². The van der Waals surface area contributed by atoms with Gasteiger partial charge in [-0.15, -0.1) is 0 Å². The van der Waals surface area contributed by atoms with Crippen LogP contribution in [0.3, 0.4) is 0 Å². The van der Waals surface area contributed by atoms with E-state index in [1.807, 2.05) is 6.92 Å². The number of esters is 1. The number of carboxylic acids is 1. The van der Waals surface area contributed by atoms with E-state index in [4.69, 9.17) is 4.74 Å². The van der Waals surface area contributed by atoms with Gasteiger partial charge in [0.05, 0.1) is 12.5 Å². The number of ketones is 2. The summed E-state index contributed by atoms with van der Waals surface area (Å²) in [4.78, 5) is 73.9. The minimum Gasteiger partial charge on any atom is -0.480 e. The molecule has 4 rings (SSSR count). The van der Waals surface area contributed by atoms with Crippen LogP contribution in [0.1, 0.15) is 98.3 Å². The van der Waals surface area contributed by atoms with Gasteiger partial charge in [-0.05, 0) is 81.1 Å². The van der Waals surface area contributed by atoms with E-state index in [1.54, 1.807) is 13.0 Å². The van der Waals surface area contributed by atoms with Crippen LogP contribution in [-0.4, -0.2) is 81.0 Å². The third-order valence-corrected chi connectivity index (χ3v) is 11.4. The summed E-state index contributed by atoms with van der Waals surface area (Å²) < 4.78 is 5.17. The zero-order valence-electron chi connectivity index (χ0n) is 26.7. The summed E-state index contributed by atoms with van der Waals surface area (Å²) in [5, 5.41) is 37.3. The van der Waals surface area contributed by atoms with Crippen molar-refractivity contribution in [1.82, 2.24) is 10.6 Å². The third kappa shape index (κ3) is 6.58. The summed E-state index contributed by atoms with van der Waals surface area (Å²) in [7, 11) is 0. The molecule has 0 aromatic carbocycles. The normalized spacial score (nSPS) is 35.1. The maximum atomic E-state index is 13.4. The molecule has 3 saturated carbocycles. The van der Waals surface area contributed by atoms with Gasteiger partial charge in [-0.3, -0.25) is 24.0 Å². The lowest BCUT2D eigenvalue weighted by Crippen LogP contribution is -2.62. The van der Waals surface area contributed by atoms with Crippen molar-refractivity contribution in [2.24, 2.45) is 28.6 Å². The van der Waals surface area contributed by atoms with Crippen LogP contribution in [0.5, 0.6) is 0 Å². The SMILES string of the molecule is CCC[C@H](NC(=O)[C@H](C)NC(=O)CCC(=O)OCC(=O)[C@@]1(O)CC[C@@H]2[C@@H]3CCC4=CC(=O)CC[C@]4(C)[C@@H]3[C@H](O)C[C@@]21C)C(=O)O. The molecule has 0 unspecified atom stereocenters. The Bertz CT molecular complexity index is 1260. The van der Waals surface area contributed by atoms with Crippen molar-refractivity contribution in [2.75, 3.05) is 6.61 Å². The van der Waals surface area contributed by atoms with Crippen LogP contribution in [0.25, 0.3) is 0 Å². The fourth-order valence-electron chi connectivity index (χ4n) is 8.93. The second-order valence-electron chi connectivity index (χ2n) is 14.0. The van der Waals surface area contributed by atoms with Crippen molar-refractivity contribution in [1.29, 1.82) is 0 Å². The molecule has 5 N–H and O–H groups in total. The Morgan fingerprint density at radius 1 is 1.07 bits per heavy atom. The number of aliphatic hydroxyl groups is 2. The average molecular weight is 633 g/mol. The highest BCUT2D eigenvalue weighted by molar-refractivity contribution is 5.93. The van der Waals surface area contributed by atoms with Crippen molar-refractivity contribution in [3.8, 4) is 0 Å². The van der Waals surface area contributed by atoms with Crippen molar-refractivity contribution >= 4 is 35.3 Å². The highest BCUT2D eigenvalue weighted by Crippen LogP contribution is 2.67. The number of allylic oxidation sites excluding steroid dienone is 1. The lowest BCUT2D eigenvalue weighted by molar-refractivity contribution is -0.184. The second kappa shape index (κ2) is 13.3. The minimum absolute atomic E-state index is 0.0119. The van der Waals surface area contributed by atoms with Gasteiger partial charge in [-0.1, -0.05) is 32.8 Å². The predicted molar refractivity (Wildman–Crippen MR) is 160 cm³/mol. The number of Topliss-reactive ketones (excluding diaryl/α,β-unsaturated/α-hetero) is 1. The standard InChI is InChI=1S/C33H48N2O10/c1-5-6-23(30(42)43)35-29(41)18(2)34-26(39)9-10-27(40)45-17-25(38)33(44)14-12-22-21-8-7-19-15-20(36)11-13-31(19,3)28(21)24(37)16-32(22,33)4/h15,18,21-24,28,37,44H,5-14,16-17H2,1-4H3,(H,34,39)(H,35,41)(H,42,43)/t18-,21-,22+,23-,24+,28-,31-,32-,33-/m0/s1. The van der Waals surface area contributed by atoms with Gasteiger partial charge < -0.3 is 30.7 Å². The average Bonchev–Trinajstić information content (AvgIpc) is 3.25. The maximum absolute atomic E-state index is 13.4. The number of ether oxygens (including phenoxy) is 1. The molecule has 250 valence electrons. The van der Waals surface area contributed by atoms with Crippen molar-refractivity contribution in [2.45, 2.75) is 122 Å². The summed E-state index contributed by atoms with van der Waals surface area (Å²) >= 11 is 0. The quantitative estimate of drug-likeness (QED) is 0.198. The molecule has 0 heterocycles. The molecule has 12 nitrogen and oxygen atoms in total. The van der Waals surface area contributed by atoms with Gasteiger partial charge in [0.15, 0.2) is 12.4 Å². The zero-order chi connectivity index (χ0) is 33.3. The molecule has 0 bridgehead atoms. The fourth-order valence-corrected chi connectivity index (χ4v) is 8.93. The Kier molecular flexibility index (Phi) is 10.3. The third-order valence-electron chi connectivity index (χ3n) is 11.4. The fraction of sp³-hybridized carbons (Fsp3) is 0.758. The number of rotatable bonds is 12. The lowest BCUT2D eigenvalue weighted by atomic mass is 9.45. The van der Waals surface area contributed by atoms with Gasteiger partial charge in [-0.25, -0.2) is 4.79 Å². The lowest BCUT2D eigenvalue weighted by Gasteiger charge is -2.60. The monoisotopic (exact) mass is 632 g/mol. The van der Waals surface area contributed by atoms with Crippen molar-refractivity contribution in [3.63, 3.8) is 0 Å². The molecular weight excluding hydrogens is 584 g/mol. The summed E-state index contributed by atoms with van der Waals surface area (Å²) in [6.07, 6.45) is 4.80. The van der Waals surface area contributed by atoms with Crippen LogP contribution in [-0.2, 0) is 33.5 Å². The van der Waals surface area contributed by atoms with E-state index in [1.165, 1.54) is 6.92 Å². The topological polar surface area (TPSA) is 196 Å². The number of carbonyl (C=O) groups excluding carboxylic acids is 5. The number of nitrogens with one attached hydrogen (secondary N) is 2. The number of fused-ring (bicyclic) bond motifs is 5.